The van der Waals surface area contributed by atoms with Gasteiger partial charge in [-0.15, -0.1) is 0 Å². The number of urea groups is 1. The van der Waals surface area contributed by atoms with Crippen molar-refractivity contribution >= 4 is 11.7 Å². The summed E-state index contributed by atoms with van der Waals surface area (Å²) >= 11 is 0. The lowest BCUT2D eigenvalue weighted by atomic mass is 10.2. The minimum absolute atomic E-state index is 0.185. The summed E-state index contributed by atoms with van der Waals surface area (Å²) in [4.78, 5) is 13.7. The molecule has 0 bridgehead atoms. The lowest BCUT2D eigenvalue weighted by Crippen LogP contribution is -2.33. The number of furan rings is 1. The second kappa shape index (κ2) is 7.30. The normalized spacial score (nSPS) is 17.4. The molecule has 0 unspecified atom stereocenters. The number of amides is 2. The Kier molecular flexibility index (Phi) is 4.95. The van der Waals surface area contributed by atoms with Crippen molar-refractivity contribution in [3.63, 3.8) is 0 Å². The van der Waals surface area contributed by atoms with E-state index in [9.17, 15) is 9.90 Å². The van der Waals surface area contributed by atoms with Crippen LogP contribution in [0.3, 0.4) is 0 Å². The van der Waals surface area contributed by atoms with E-state index in [1.54, 1.807) is 11.2 Å². The summed E-state index contributed by atoms with van der Waals surface area (Å²) in [5.74, 6) is 0.780. The van der Waals surface area contributed by atoms with E-state index in [0.717, 1.165) is 17.0 Å². The molecule has 1 aromatic heterocycles. The lowest BCUT2D eigenvalue weighted by Gasteiger charge is -2.16. The third-order valence-corrected chi connectivity index (χ3v) is 3.72. The molecular formula is C17H20N2O4. The van der Waals surface area contributed by atoms with Crippen LogP contribution in [0, 0.1) is 0 Å². The van der Waals surface area contributed by atoms with E-state index in [0.29, 0.717) is 32.7 Å². The number of β-amino-alcohol motifs (C(OH)–C–C–N with tert-alkyl or cyclic N) is 1. The van der Waals surface area contributed by atoms with Crippen LogP contribution in [0.2, 0.25) is 0 Å². The number of anilines is 1. The number of ether oxygens (including phenoxy) is 1. The Balaban J connectivity index is 1.51. The molecule has 2 amide bonds. The van der Waals surface area contributed by atoms with Gasteiger partial charge in [-0.25, -0.2) is 4.79 Å². The van der Waals surface area contributed by atoms with Gasteiger partial charge in [0.25, 0.3) is 0 Å². The number of hydrogen-bond acceptors (Lipinski definition) is 4. The van der Waals surface area contributed by atoms with Crippen LogP contribution in [-0.2, 0) is 18.0 Å². The molecule has 1 saturated heterocycles. The Labute approximate surface area is 134 Å². The topological polar surface area (TPSA) is 74.9 Å². The molecule has 0 radical (unpaired) electrons. The Bertz CT molecular complexity index is 642. The zero-order valence-electron chi connectivity index (χ0n) is 12.8. The van der Waals surface area contributed by atoms with Crippen LogP contribution in [0.15, 0.2) is 47.1 Å². The Hall–Kier alpha value is -2.31. The predicted molar refractivity (Wildman–Crippen MR) is 84.9 cm³/mol. The van der Waals surface area contributed by atoms with Crippen molar-refractivity contribution in [2.24, 2.45) is 0 Å². The van der Waals surface area contributed by atoms with Gasteiger partial charge in [0.1, 0.15) is 12.4 Å². The number of nitrogens with zero attached hydrogens (tertiary/aromatic N) is 1. The first kappa shape index (κ1) is 15.6. The molecule has 0 spiro atoms. The molecule has 0 saturated carbocycles. The highest BCUT2D eigenvalue weighted by Crippen LogP contribution is 2.15. The number of rotatable bonds is 5. The first-order chi connectivity index (χ1) is 11.2. The second-order valence-corrected chi connectivity index (χ2v) is 5.59. The van der Waals surface area contributed by atoms with E-state index in [-0.39, 0.29) is 6.03 Å². The molecule has 1 fully saturated rings. The fraction of sp³-hybridized carbons (Fsp3) is 0.353. The summed E-state index contributed by atoms with van der Waals surface area (Å²) in [5, 5.41) is 12.3. The molecule has 2 N–H and O–H groups in total. The van der Waals surface area contributed by atoms with Gasteiger partial charge in [-0.1, -0.05) is 12.1 Å². The molecule has 6 nitrogen and oxygen atoms in total. The highest BCUT2D eigenvalue weighted by molar-refractivity contribution is 5.89. The third-order valence-electron chi connectivity index (χ3n) is 3.72. The van der Waals surface area contributed by atoms with Crippen molar-refractivity contribution < 1.29 is 19.1 Å². The second-order valence-electron chi connectivity index (χ2n) is 5.59. The molecule has 1 aliphatic rings. The van der Waals surface area contributed by atoms with E-state index in [1.807, 2.05) is 36.4 Å². The number of aliphatic hydroxyl groups excluding tert-OH is 1. The number of carbonyl (C=O) groups is 1. The van der Waals surface area contributed by atoms with Crippen molar-refractivity contribution in [2.45, 2.75) is 25.7 Å². The Morgan fingerprint density at radius 2 is 2.26 bits per heavy atom. The number of hydrogen-bond donors (Lipinski definition) is 2. The van der Waals surface area contributed by atoms with Crippen LogP contribution in [0.1, 0.15) is 17.7 Å². The zero-order valence-corrected chi connectivity index (χ0v) is 12.8. The van der Waals surface area contributed by atoms with Gasteiger partial charge in [0, 0.05) is 18.8 Å². The Morgan fingerprint density at radius 3 is 3.00 bits per heavy atom. The van der Waals surface area contributed by atoms with E-state index in [2.05, 4.69) is 5.32 Å². The monoisotopic (exact) mass is 316 g/mol. The molecule has 1 atom stereocenters. The fourth-order valence-electron chi connectivity index (χ4n) is 2.53. The molecule has 2 heterocycles. The summed E-state index contributed by atoms with van der Waals surface area (Å²) < 4.78 is 10.8. The summed E-state index contributed by atoms with van der Waals surface area (Å²) in [6, 6.07) is 11.0. The van der Waals surface area contributed by atoms with Gasteiger partial charge >= 0.3 is 6.03 Å². The zero-order chi connectivity index (χ0) is 16.1. The van der Waals surface area contributed by atoms with Gasteiger partial charge in [0.05, 0.1) is 19.0 Å². The van der Waals surface area contributed by atoms with Crippen molar-refractivity contribution in [2.75, 3.05) is 18.4 Å². The maximum Gasteiger partial charge on any atom is 0.321 e. The molecule has 1 aromatic carbocycles. The quantitative estimate of drug-likeness (QED) is 0.889. The van der Waals surface area contributed by atoms with Gasteiger partial charge < -0.3 is 24.5 Å². The number of likely N-dealkylation sites (tertiary alicyclic amines) is 1. The average Bonchev–Trinajstić information content (AvgIpc) is 3.19. The minimum Gasteiger partial charge on any atom is -0.467 e. The van der Waals surface area contributed by atoms with Gasteiger partial charge in [-0.05, 0) is 36.2 Å². The summed E-state index contributed by atoms with van der Waals surface area (Å²) in [6.07, 6.45) is 1.83. The van der Waals surface area contributed by atoms with Crippen LogP contribution < -0.4 is 5.32 Å². The summed E-state index contributed by atoms with van der Waals surface area (Å²) in [5.41, 5.74) is 1.69. The van der Waals surface area contributed by atoms with E-state index in [4.69, 9.17) is 9.15 Å². The molecule has 6 heteroatoms. The average molecular weight is 316 g/mol. The van der Waals surface area contributed by atoms with Gasteiger partial charge in [0.2, 0.25) is 0 Å². The SMILES string of the molecule is O=C(Nc1cccc(COCc2ccco2)c1)N1CC[C@@H](O)C1. The molecule has 3 rings (SSSR count). The van der Waals surface area contributed by atoms with Gasteiger partial charge in [-0.3, -0.25) is 0 Å². The van der Waals surface area contributed by atoms with E-state index >= 15 is 0 Å². The van der Waals surface area contributed by atoms with Gasteiger partial charge in [0.15, 0.2) is 0 Å². The molecule has 122 valence electrons. The van der Waals surface area contributed by atoms with E-state index < -0.39 is 6.10 Å². The maximum absolute atomic E-state index is 12.1. The van der Waals surface area contributed by atoms with E-state index in [1.165, 1.54) is 0 Å². The highest BCUT2D eigenvalue weighted by Gasteiger charge is 2.24. The number of benzene rings is 1. The molecular weight excluding hydrogens is 296 g/mol. The number of carbonyl (C=O) groups excluding carboxylic acids is 1. The summed E-state index contributed by atoms with van der Waals surface area (Å²) in [6.45, 7) is 1.82. The van der Waals surface area contributed by atoms with Gasteiger partial charge in [-0.2, -0.15) is 0 Å². The smallest absolute Gasteiger partial charge is 0.321 e. The molecule has 1 aliphatic heterocycles. The van der Waals surface area contributed by atoms with Crippen molar-refractivity contribution in [3.8, 4) is 0 Å². The first-order valence-corrected chi connectivity index (χ1v) is 7.64. The lowest BCUT2D eigenvalue weighted by molar-refractivity contribution is 0.0930. The standard InChI is InChI=1S/C17H20N2O4/c20-15-6-7-19(10-15)17(21)18-14-4-1-3-13(9-14)11-22-12-16-5-2-8-23-16/h1-5,8-9,15,20H,6-7,10-12H2,(H,18,21)/t15-/m1/s1. The molecule has 0 aliphatic carbocycles. The predicted octanol–water partition coefficient (Wildman–Crippen LogP) is 2.59. The first-order valence-electron chi connectivity index (χ1n) is 7.64. The largest absolute Gasteiger partial charge is 0.467 e. The Morgan fingerprint density at radius 1 is 1.35 bits per heavy atom. The van der Waals surface area contributed by atoms with Crippen LogP contribution in [0.25, 0.3) is 0 Å². The molecule has 2 aromatic rings. The van der Waals surface area contributed by atoms with Crippen LogP contribution in [0.4, 0.5) is 10.5 Å². The molecule has 23 heavy (non-hydrogen) atoms. The van der Waals surface area contributed by atoms with Crippen molar-refractivity contribution in [3.05, 3.63) is 54.0 Å². The summed E-state index contributed by atoms with van der Waals surface area (Å²) in [7, 11) is 0. The number of nitrogens with one attached hydrogen (secondary N) is 1. The maximum atomic E-state index is 12.1. The van der Waals surface area contributed by atoms with Crippen molar-refractivity contribution in [1.82, 2.24) is 4.90 Å². The third kappa shape index (κ3) is 4.34. The van der Waals surface area contributed by atoms with Crippen LogP contribution >= 0.6 is 0 Å². The van der Waals surface area contributed by atoms with Crippen LogP contribution in [-0.4, -0.2) is 35.2 Å². The number of aliphatic hydroxyl groups is 1. The highest BCUT2D eigenvalue weighted by atomic mass is 16.5. The minimum atomic E-state index is -0.415. The fourth-order valence-corrected chi connectivity index (χ4v) is 2.53. The van der Waals surface area contributed by atoms with Crippen molar-refractivity contribution in [1.29, 1.82) is 0 Å². The van der Waals surface area contributed by atoms with Crippen LogP contribution in [0.5, 0.6) is 0 Å².